The molecule has 0 saturated carbocycles. The fourth-order valence-corrected chi connectivity index (χ4v) is 11.0. The van der Waals surface area contributed by atoms with E-state index in [0.29, 0.717) is 43.3 Å². The Morgan fingerprint density at radius 3 is 2.28 bits per heavy atom. The summed E-state index contributed by atoms with van der Waals surface area (Å²) in [6, 6.07) is 3.91. The van der Waals surface area contributed by atoms with Crippen LogP contribution in [0, 0.1) is 23.3 Å². The van der Waals surface area contributed by atoms with Crippen molar-refractivity contribution in [1.29, 1.82) is 0 Å². The van der Waals surface area contributed by atoms with Crippen LogP contribution in [0.3, 0.4) is 0 Å². The van der Waals surface area contributed by atoms with Crippen LogP contribution in [0.5, 0.6) is 0 Å². The Balaban J connectivity index is 1.41. The van der Waals surface area contributed by atoms with Gasteiger partial charge in [0.2, 0.25) is 6.17 Å². The van der Waals surface area contributed by atoms with Gasteiger partial charge in [-0.1, -0.05) is 24.4 Å². The third-order valence-electron chi connectivity index (χ3n) is 10.9. The Bertz CT molecular complexity index is 1810. The summed E-state index contributed by atoms with van der Waals surface area (Å²) in [7, 11) is -2.99. The predicted molar refractivity (Wildman–Crippen MR) is 197 cm³/mol. The monoisotopic (exact) mass is 803 g/mol. The van der Waals surface area contributed by atoms with Crippen molar-refractivity contribution in [2.75, 3.05) is 46.5 Å². The molecule has 6 rings (SSSR count). The van der Waals surface area contributed by atoms with Gasteiger partial charge in [-0.25, -0.2) is 36.3 Å². The number of quaternary nitrogens is 1. The molecule has 53 heavy (non-hydrogen) atoms. The Labute approximate surface area is 318 Å². The number of nitrogens with one attached hydrogen (secondary N) is 2. The Morgan fingerprint density at radius 1 is 1.02 bits per heavy atom. The smallest absolute Gasteiger partial charge is 0.215 e. The lowest BCUT2D eigenvalue weighted by atomic mass is 10.0. The van der Waals surface area contributed by atoms with Crippen LogP contribution < -0.4 is 10.7 Å². The number of halogens is 5. The number of hydrogen-bond donors (Lipinski definition) is 2. The molecule has 4 aliphatic heterocycles. The van der Waals surface area contributed by atoms with Crippen LogP contribution in [0.1, 0.15) is 71.3 Å². The van der Waals surface area contributed by atoms with Crippen LogP contribution in [0.4, 0.5) is 17.6 Å². The number of aliphatic imine (C=N–C) groups is 1. The van der Waals surface area contributed by atoms with Crippen molar-refractivity contribution in [2.24, 2.45) is 10.1 Å². The quantitative estimate of drug-likeness (QED) is 0.177. The molecule has 4 heterocycles. The second kappa shape index (κ2) is 16.4. The van der Waals surface area contributed by atoms with E-state index >= 15 is 8.78 Å². The molecule has 0 radical (unpaired) electrons. The number of hydrazone groups is 1. The Kier molecular flexibility index (Phi) is 12.5. The maximum atomic E-state index is 16.4. The van der Waals surface area contributed by atoms with Gasteiger partial charge in [0.25, 0.3) is 0 Å². The van der Waals surface area contributed by atoms with Gasteiger partial charge in [-0.3, -0.25) is 14.8 Å². The lowest BCUT2D eigenvalue weighted by Gasteiger charge is -2.57. The molecule has 2 aromatic rings. The molecule has 0 aromatic heterocycles. The van der Waals surface area contributed by atoms with Crippen molar-refractivity contribution in [2.45, 2.75) is 104 Å². The zero-order valence-corrected chi connectivity index (χ0v) is 32.8. The van der Waals surface area contributed by atoms with Gasteiger partial charge in [-0.05, 0) is 82.5 Å². The van der Waals surface area contributed by atoms with Crippen molar-refractivity contribution in [1.82, 2.24) is 15.6 Å². The molecule has 1 spiro atoms. The molecule has 0 bridgehead atoms. The van der Waals surface area contributed by atoms with Crippen molar-refractivity contribution in [3.63, 3.8) is 0 Å². The van der Waals surface area contributed by atoms with Crippen molar-refractivity contribution >= 4 is 44.7 Å². The fraction of sp³-hybridized carbons (Fsp3) is 0.611. The zero-order valence-electron chi connectivity index (χ0n) is 30.4. The first-order chi connectivity index (χ1) is 25.2. The first-order valence-electron chi connectivity index (χ1n) is 18.1. The SMILES string of the molecule is COC1C(N2CCOCC2)NC(Sc2ccc(S(=O)(=O)C(C)(C)c3c(F)c(F)cc(Cl)c3F)cc2F)[N+]2(CCCCCCCC2)C1N=C1CC(C)=NN1. The molecule has 0 aliphatic carbocycles. The highest BCUT2D eigenvalue weighted by Gasteiger charge is 2.57. The summed E-state index contributed by atoms with van der Waals surface area (Å²) in [4.78, 5) is 7.31. The number of sulfone groups is 1. The van der Waals surface area contributed by atoms with Crippen molar-refractivity contribution < 1.29 is 39.9 Å². The lowest BCUT2D eigenvalue weighted by molar-refractivity contribution is -0.972. The molecule has 3 saturated heterocycles. The number of thioether (sulfide) groups is 1. The van der Waals surface area contributed by atoms with E-state index in [4.69, 9.17) is 26.1 Å². The number of hydrogen-bond acceptors (Lipinski definition) is 9. The third kappa shape index (κ3) is 7.89. The summed E-state index contributed by atoms with van der Waals surface area (Å²) in [6.45, 7) is 7.94. The minimum atomic E-state index is -4.69. The van der Waals surface area contributed by atoms with Crippen molar-refractivity contribution in [3.8, 4) is 0 Å². The fourth-order valence-electron chi connectivity index (χ4n) is 7.97. The van der Waals surface area contributed by atoms with E-state index in [-0.39, 0.29) is 23.3 Å². The summed E-state index contributed by atoms with van der Waals surface area (Å²) >= 11 is 7.05. The van der Waals surface area contributed by atoms with Gasteiger partial charge in [0, 0.05) is 37.9 Å². The van der Waals surface area contributed by atoms with Crippen LogP contribution in [0.15, 0.2) is 44.2 Å². The maximum absolute atomic E-state index is 16.4. The van der Waals surface area contributed by atoms with Crippen LogP contribution in [0.25, 0.3) is 0 Å². The van der Waals surface area contributed by atoms with Crippen LogP contribution in [-0.4, -0.2) is 99.8 Å². The molecule has 4 atom stereocenters. The standard InChI is InChI=1S/C36H48ClF4N6O4S2/c1-22-19-28(45-44-22)42-34-32(50-4)33(46-13-17-51-18-14-46)43-35(47(34)15-9-7-5-6-8-10-16-47)52-27-12-11-23(20-25(27)38)53(48,49)36(2,3)29-30(40)24(37)21-26(39)31(29)41/h11-12,20-21,32-35,43H,5-10,13-19H2,1-4H3,(H,42,45)/q+1. The van der Waals surface area contributed by atoms with Gasteiger partial charge >= 0.3 is 0 Å². The van der Waals surface area contributed by atoms with Gasteiger partial charge in [-0.15, -0.1) is 0 Å². The second-order valence-corrected chi connectivity index (χ2v) is 18.7. The Hall–Kier alpha value is -2.31. The van der Waals surface area contributed by atoms with E-state index in [2.05, 4.69) is 20.7 Å². The second-order valence-electron chi connectivity index (χ2n) is 14.7. The first kappa shape index (κ1) is 40.4. The number of benzene rings is 2. The number of rotatable bonds is 8. The van der Waals surface area contributed by atoms with Gasteiger partial charge in [0.1, 0.15) is 28.4 Å². The summed E-state index contributed by atoms with van der Waals surface area (Å²) in [5, 5.41) is 7.47. The molecule has 4 aliphatic rings. The maximum Gasteiger partial charge on any atom is 0.215 e. The minimum Gasteiger partial charge on any atom is -0.379 e. The minimum absolute atomic E-state index is 0.184. The topological polar surface area (TPSA) is 105 Å². The third-order valence-corrected chi connectivity index (χ3v) is 15.0. The molecular formula is C36H48ClF4N6O4S2+. The number of morpholine rings is 1. The van der Waals surface area contributed by atoms with Gasteiger partial charge in [0.05, 0.1) is 41.1 Å². The van der Waals surface area contributed by atoms with Gasteiger partial charge < -0.3 is 9.47 Å². The summed E-state index contributed by atoms with van der Waals surface area (Å²) in [5.74, 6) is -4.65. The number of ether oxygens (including phenoxy) is 2. The molecule has 2 N–H and O–H groups in total. The molecular weight excluding hydrogens is 756 g/mol. The summed E-state index contributed by atoms with van der Waals surface area (Å²) in [6.07, 6.45) is 5.69. The van der Waals surface area contributed by atoms with Gasteiger partial charge in [-0.2, -0.15) is 5.10 Å². The number of methoxy groups -OCH3 is 1. The molecule has 292 valence electrons. The largest absolute Gasteiger partial charge is 0.379 e. The molecule has 3 fully saturated rings. The van der Waals surface area contributed by atoms with E-state index < -0.39 is 58.8 Å². The highest BCUT2D eigenvalue weighted by molar-refractivity contribution is 7.99. The van der Waals surface area contributed by atoms with E-state index in [1.54, 1.807) is 7.11 Å². The zero-order chi connectivity index (χ0) is 38.1. The number of amidine groups is 1. The van der Waals surface area contributed by atoms with Crippen LogP contribution in [0.2, 0.25) is 5.02 Å². The lowest BCUT2D eigenvalue weighted by Crippen LogP contribution is -2.79. The number of nitrogens with zero attached hydrogens (tertiary/aromatic N) is 4. The summed E-state index contributed by atoms with van der Waals surface area (Å²) in [5.41, 5.74) is 2.54. The van der Waals surface area contributed by atoms with Crippen LogP contribution >= 0.6 is 23.4 Å². The van der Waals surface area contributed by atoms with E-state index in [1.807, 2.05) is 6.92 Å². The van der Waals surface area contributed by atoms with E-state index in [1.165, 1.54) is 23.9 Å². The highest BCUT2D eigenvalue weighted by atomic mass is 35.5. The van der Waals surface area contributed by atoms with E-state index in [0.717, 1.165) is 83.1 Å². The molecule has 10 nitrogen and oxygen atoms in total. The average molecular weight is 804 g/mol. The van der Waals surface area contributed by atoms with Crippen LogP contribution in [-0.2, 0) is 24.1 Å². The van der Waals surface area contributed by atoms with E-state index in [9.17, 15) is 17.2 Å². The molecule has 2 aromatic carbocycles. The molecule has 0 amide bonds. The first-order valence-corrected chi connectivity index (χ1v) is 20.8. The molecule has 4 unspecified atom stereocenters. The average Bonchev–Trinajstić information content (AvgIpc) is 3.59. The Morgan fingerprint density at radius 2 is 1.68 bits per heavy atom. The molecule has 17 heteroatoms. The summed E-state index contributed by atoms with van der Waals surface area (Å²) < 4.78 is 98.8. The van der Waals surface area contributed by atoms with Crippen molar-refractivity contribution in [3.05, 3.63) is 58.1 Å². The highest BCUT2D eigenvalue weighted by Crippen LogP contribution is 2.44. The normalized spacial score (nSPS) is 26.9. The predicted octanol–water partition coefficient (Wildman–Crippen LogP) is 6.52. The van der Waals surface area contributed by atoms with Gasteiger partial charge in [0.15, 0.2) is 33.1 Å².